The Balaban J connectivity index is 2.96. The molecule has 0 aromatic heterocycles. The zero-order valence-electron chi connectivity index (χ0n) is 12.3. The van der Waals surface area contributed by atoms with Crippen molar-refractivity contribution in [1.82, 2.24) is 4.90 Å². The summed E-state index contributed by atoms with van der Waals surface area (Å²) in [4.78, 5) is 4.21. The Labute approximate surface area is 119 Å². The largest absolute Gasteiger partial charge is 0.409 e. The molecule has 0 radical (unpaired) electrons. The van der Waals surface area contributed by atoms with Crippen molar-refractivity contribution < 1.29 is 9.60 Å². The van der Waals surface area contributed by atoms with Gasteiger partial charge in [0.15, 0.2) is 5.84 Å². The van der Waals surface area contributed by atoms with E-state index < -0.39 is 5.82 Å². The Bertz CT molecular complexity index is 462. The molecule has 0 saturated carbocycles. The molecule has 1 aromatic rings. The van der Waals surface area contributed by atoms with E-state index in [2.05, 4.69) is 15.0 Å². The Morgan fingerprint density at radius 3 is 2.60 bits per heavy atom. The molecular weight excluding hydrogens is 259 g/mol. The first-order chi connectivity index (χ1) is 9.49. The smallest absolute Gasteiger partial charge is 0.172 e. The minimum Gasteiger partial charge on any atom is -0.409 e. The zero-order valence-corrected chi connectivity index (χ0v) is 12.3. The molecule has 5 nitrogen and oxygen atoms in total. The minimum absolute atomic E-state index is 0.0782. The fourth-order valence-corrected chi connectivity index (χ4v) is 2.07. The van der Waals surface area contributed by atoms with Gasteiger partial charge >= 0.3 is 0 Å². The molecule has 3 N–H and O–H groups in total. The number of nitrogens with zero attached hydrogens (tertiary/aromatic N) is 3. The van der Waals surface area contributed by atoms with E-state index in [9.17, 15) is 4.39 Å². The summed E-state index contributed by atoms with van der Waals surface area (Å²) in [6.07, 6.45) is 0.980. The van der Waals surface area contributed by atoms with Gasteiger partial charge in [0.05, 0.1) is 0 Å². The van der Waals surface area contributed by atoms with Crippen molar-refractivity contribution in [2.24, 2.45) is 10.9 Å². The lowest BCUT2D eigenvalue weighted by Gasteiger charge is -2.26. The van der Waals surface area contributed by atoms with Crippen LogP contribution in [0.25, 0.3) is 0 Å². The molecule has 112 valence electrons. The topological polar surface area (TPSA) is 65.1 Å². The number of halogens is 1. The third-order valence-electron chi connectivity index (χ3n) is 3.10. The van der Waals surface area contributed by atoms with Crippen LogP contribution in [0, 0.1) is 5.82 Å². The second kappa shape index (κ2) is 7.69. The van der Waals surface area contributed by atoms with E-state index in [4.69, 9.17) is 10.9 Å². The van der Waals surface area contributed by atoms with Crippen molar-refractivity contribution in [2.75, 3.05) is 38.6 Å². The summed E-state index contributed by atoms with van der Waals surface area (Å²) in [5.74, 6) is -0.481. The molecule has 1 aromatic carbocycles. The average Bonchev–Trinajstić information content (AvgIpc) is 2.43. The summed E-state index contributed by atoms with van der Waals surface area (Å²) >= 11 is 0. The summed E-state index contributed by atoms with van der Waals surface area (Å²) < 4.78 is 13.4. The van der Waals surface area contributed by atoms with Gasteiger partial charge in [0.1, 0.15) is 5.82 Å². The number of rotatable bonds is 7. The first-order valence-electron chi connectivity index (χ1n) is 6.66. The highest BCUT2D eigenvalue weighted by molar-refractivity contribution is 6.02. The van der Waals surface area contributed by atoms with Crippen molar-refractivity contribution in [3.8, 4) is 0 Å². The lowest BCUT2D eigenvalue weighted by molar-refractivity contribution is 0.318. The molecule has 0 atom stereocenters. The number of hydrogen-bond donors (Lipinski definition) is 2. The van der Waals surface area contributed by atoms with E-state index in [1.807, 2.05) is 21.0 Å². The molecule has 0 spiro atoms. The summed E-state index contributed by atoms with van der Waals surface area (Å²) in [6, 6.07) is 4.35. The Morgan fingerprint density at radius 2 is 2.05 bits per heavy atom. The van der Waals surface area contributed by atoms with Crippen LogP contribution in [-0.4, -0.2) is 49.7 Å². The second-order valence-corrected chi connectivity index (χ2v) is 4.88. The summed E-state index contributed by atoms with van der Waals surface area (Å²) in [5.41, 5.74) is 6.83. The number of amidine groups is 1. The molecule has 0 fully saturated rings. The Hall–Kier alpha value is -1.82. The lowest BCUT2D eigenvalue weighted by atomic mass is 10.1. The molecule has 0 aliphatic carbocycles. The van der Waals surface area contributed by atoms with E-state index >= 15 is 0 Å². The van der Waals surface area contributed by atoms with E-state index in [0.717, 1.165) is 31.7 Å². The molecule has 0 saturated heterocycles. The molecule has 6 heteroatoms. The van der Waals surface area contributed by atoms with Crippen LogP contribution < -0.4 is 10.6 Å². The average molecular weight is 282 g/mol. The van der Waals surface area contributed by atoms with Gasteiger partial charge in [-0.15, -0.1) is 0 Å². The maximum Gasteiger partial charge on any atom is 0.172 e. The molecule has 20 heavy (non-hydrogen) atoms. The number of anilines is 1. The van der Waals surface area contributed by atoms with Crippen LogP contribution in [0.2, 0.25) is 0 Å². The first-order valence-corrected chi connectivity index (χ1v) is 6.66. The fourth-order valence-electron chi connectivity index (χ4n) is 2.07. The lowest BCUT2D eigenvalue weighted by Crippen LogP contribution is -2.29. The van der Waals surface area contributed by atoms with Crippen molar-refractivity contribution in [3.05, 3.63) is 29.6 Å². The number of hydrogen-bond acceptors (Lipinski definition) is 4. The molecule has 0 aliphatic heterocycles. The van der Waals surface area contributed by atoms with Gasteiger partial charge in [-0.1, -0.05) is 5.16 Å². The van der Waals surface area contributed by atoms with Gasteiger partial charge < -0.3 is 20.7 Å². The van der Waals surface area contributed by atoms with Crippen molar-refractivity contribution in [2.45, 2.75) is 13.3 Å². The van der Waals surface area contributed by atoms with E-state index in [1.54, 1.807) is 6.07 Å². The highest BCUT2D eigenvalue weighted by Gasteiger charge is 2.14. The third-order valence-corrected chi connectivity index (χ3v) is 3.10. The third kappa shape index (κ3) is 4.38. The molecule has 0 unspecified atom stereocenters. The van der Waals surface area contributed by atoms with Gasteiger partial charge in [-0.25, -0.2) is 4.39 Å². The SMILES string of the molecule is CCN(CCCN(C)C)c1ccc(F)cc1/C(N)=N/O. The van der Waals surface area contributed by atoms with Crippen LogP contribution in [-0.2, 0) is 0 Å². The van der Waals surface area contributed by atoms with Crippen LogP contribution >= 0.6 is 0 Å². The zero-order chi connectivity index (χ0) is 15.1. The molecule has 0 bridgehead atoms. The molecule has 0 heterocycles. The van der Waals surface area contributed by atoms with Crippen LogP contribution in [0.15, 0.2) is 23.4 Å². The maximum atomic E-state index is 13.4. The maximum absolute atomic E-state index is 13.4. The van der Waals surface area contributed by atoms with E-state index in [1.165, 1.54) is 12.1 Å². The van der Waals surface area contributed by atoms with Gasteiger partial charge in [-0.3, -0.25) is 0 Å². The predicted octanol–water partition coefficient (Wildman–Crippen LogP) is 1.70. The number of oxime groups is 1. The quantitative estimate of drug-likeness (QED) is 0.346. The first kappa shape index (κ1) is 16.2. The van der Waals surface area contributed by atoms with Crippen molar-refractivity contribution in [3.63, 3.8) is 0 Å². The normalized spacial score (nSPS) is 11.9. The molecular formula is C14H23FN4O. The van der Waals surface area contributed by atoms with Crippen LogP contribution in [0.5, 0.6) is 0 Å². The standard InChI is InChI=1S/C14H23FN4O/c1-4-19(9-5-8-18(2)3)13-7-6-11(15)10-12(13)14(16)17-20/h6-7,10,20H,4-5,8-9H2,1-3H3,(H2,16,17). The van der Waals surface area contributed by atoms with Crippen LogP contribution in [0.3, 0.4) is 0 Å². The van der Waals surface area contributed by atoms with Crippen LogP contribution in [0.1, 0.15) is 18.9 Å². The Kier molecular flexibility index (Phi) is 6.24. The van der Waals surface area contributed by atoms with Gasteiger partial charge in [0.2, 0.25) is 0 Å². The molecule has 0 aliphatic rings. The van der Waals surface area contributed by atoms with E-state index in [-0.39, 0.29) is 5.84 Å². The number of benzene rings is 1. The van der Waals surface area contributed by atoms with E-state index in [0.29, 0.717) is 5.56 Å². The van der Waals surface area contributed by atoms with Gasteiger partial charge in [0, 0.05) is 24.3 Å². The van der Waals surface area contributed by atoms with Crippen LogP contribution in [0.4, 0.5) is 10.1 Å². The minimum atomic E-state index is -0.403. The van der Waals surface area contributed by atoms with Gasteiger partial charge in [-0.2, -0.15) is 0 Å². The Morgan fingerprint density at radius 1 is 1.35 bits per heavy atom. The van der Waals surface area contributed by atoms with Crippen molar-refractivity contribution in [1.29, 1.82) is 0 Å². The highest BCUT2D eigenvalue weighted by Crippen LogP contribution is 2.22. The second-order valence-electron chi connectivity index (χ2n) is 4.88. The molecule has 1 rings (SSSR count). The van der Waals surface area contributed by atoms with Gasteiger partial charge in [0.25, 0.3) is 0 Å². The monoisotopic (exact) mass is 282 g/mol. The fraction of sp³-hybridized carbons (Fsp3) is 0.500. The summed E-state index contributed by atoms with van der Waals surface area (Å²) in [7, 11) is 4.05. The summed E-state index contributed by atoms with van der Waals surface area (Å²) in [6.45, 7) is 4.59. The summed E-state index contributed by atoms with van der Waals surface area (Å²) in [5, 5.41) is 11.8. The predicted molar refractivity (Wildman–Crippen MR) is 80.0 cm³/mol. The molecule has 0 amide bonds. The highest BCUT2D eigenvalue weighted by atomic mass is 19.1. The number of nitrogens with two attached hydrogens (primary N) is 1. The van der Waals surface area contributed by atoms with Gasteiger partial charge in [-0.05, 0) is 52.2 Å². The van der Waals surface area contributed by atoms with Crippen molar-refractivity contribution >= 4 is 11.5 Å².